The molecule has 1 rings (SSSR count). The average molecular weight is 320 g/mol. The van der Waals surface area contributed by atoms with Gasteiger partial charge in [0.05, 0.1) is 6.04 Å². The largest absolute Gasteiger partial charge is 0.351 e. The Kier molecular flexibility index (Phi) is 9.50. The van der Waals surface area contributed by atoms with Crippen molar-refractivity contribution in [3.05, 3.63) is 0 Å². The number of carbonyl (C=O) groups is 1. The minimum atomic E-state index is -0.387. The van der Waals surface area contributed by atoms with E-state index in [1.165, 1.54) is 6.42 Å². The normalized spacial score (nSPS) is 27.3. The number of nitrogens with one attached hydrogen (secondary N) is 1. The summed E-state index contributed by atoms with van der Waals surface area (Å²) in [5.74, 6) is 1.73. The van der Waals surface area contributed by atoms with Crippen molar-refractivity contribution in [2.24, 2.45) is 23.5 Å². The van der Waals surface area contributed by atoms with Crippen LogP contribution in [0, 0.1) is 17.8 Å². The molecule has 21 heavy (non-hydrogen) atoms. The van der Waals surface area contributed by atoms with Crippen LogP contribution in [0.25, 0.3) is 0 Å². The number of likely N-dealkylation sites (tertiary alicyclic amines) is 1. The number of nitrogens with zero attached hydrogens (tertiary/aromatic N) is 1. The van der Waals surface area contributed by atoms with Crippen LogP contribution >= 0.6 is 12.4 Å². The highest BCUT2D eigenvalue weighted by Crippen LogP contribution is 2.20. The summed E-state index contributed by atoms with van der Waals surface area (Å²) in [6, 6.07) is -0.225. The van der Waals surface area contributed by atoms with Crippen LogP contribution in [-0.2, 0) is 4.79 Å². The van der Waals surface area contributed by atoms with Crippen LogP contribution in [0.4, 0.5) is 0 Å². The molecule has 5 unspecified atom stereocenters. The van der Waals surface area contributed by atoms with Gasteiger partial charge >= 0.3 is 0 Å². The second-order valence-electron chi connectivity index (χ2n) is 6.99. The van der Waals surface area contributed by atoms with Gasteiger partial charge in [-0.25, -0.2) is 0 Å². The van der Waals surface area contributed by atoms with Gasteiger partial charge in [0.25, 0.3) is 0 Å². The maximum absolute atomic E-state index is 12.1. The summed E-state index contributed by atoms with van der Waals surface area (Å²) >= 11 is 0. The van der Waals surface area contributed by atoms with Crippen molar-refractivity contribution in [1.82, 2.24) is 10.2 Å². The predicted molar refractivity (Wildman–Crippen MR) is 91.7 cm³/mol. The number of hydrogen-bond donors (Lipinski definition) is 2. The first kappa shape index (κ1) is 20.7. The fourth-order valence-electron chi connectivity index (χ4n) is 3.23. The van der Waals surface area contributed by atoms with E-state index in [0.29, 0.717) is 0 Å². The second kappa shape index (κ2) is 9.65. The van der Waals surface area contributed by atoms with Crippen LogP contribution in [0.2, 0.25) is 0 Å². The predicted octanol–water partition coefficient (Wildman–Crippen LogP) is 2.26. The molecule has 0 aliphatic carbocycles. The lowest BCUT2D eigenvalue weighted by Crippen LogP contribution is -2.51. The van der Waals surface area contributed by atoms with Gasteiger partial charge in [-0.1, -0.05) is 34.1 Å². The SMILES string of the molecule is CCC(C)C(N)C(=O)NC(C)CN1CC(C)CC(C)C1.Cl. The first-order valence-corrected chi connectivity index (χ1v) is 8.11. The van der Waals surface area contributed by atoms with Gasteiger partial charge in [-0.3, -0.25) is 4.79 Å². The van der Waals surface area contributed by atoms with Crippen molar-refractivity contribution in [2.75, 3.05) is 19.6 Å². The van der Waals surface area contributed by atoms with Gasteiger partial charge in [0, 0.05) is 25.7 Å². The van der Waals surface area contributed by atoms with Crippen molar-refractivity contribution in [2.45, 2.75) is 59.5 Å². The summed E-state index contributed by atoms with van der Waals surface area (Å²) in [5, 5.41) is 3.07. The number of amides is 1. The maximum atomic E-state index is 12.1. The fraction of sp³-hybridized carbons (Fsp3) is 0.938. The lowest BCUT2D eigenvalue weighted by Gasteiger charge is -2.36. The number of piperidine rings is 1. The molecule has 1 aliphatic rings. The second-order valence-corrected chi connectivity index (χ2v) is 6.99. The molecule has 3 N–H and O–H groups in total. The highest BCUT2D eigenvalue weighted by Gasteiger charge is 2.25. The molecule has 1 aliphatic heterocycles. The van der Waals surface area contributed by atoms with Crippen molar-refractivity contribution in [3.63, 3.8) is 0 Å². The van der Waals surface area contributed by atoms with E-state index in [1.54, 1.807) is 0 Å². The van der Waals surface area contributed by atoms with E-state index in [4.69, 9.17) is 5.73 Å². The molecule has 126 valence electrons. The van der Waals surface area contributed by atoms with Gasteiger partial charge < -0.3 is 16.0 Å². The molecule has 0 aromatic carbocycles. The first-order valence-electron chi connectivity index (χ1n) is 8.11. The highest BCUT2D eigenvalue weighted by molar-refractivity contribution is 5.85. The van der Waals surface area contributed by atoms with Gasteiger partial charge in [0.1, 0.15) is 0 Å². The summed E-state index contributed by atoms with van der Waals surface area (Å²) in [4.78, 5) is 14.5. The molecule has 0 bridgehead atoms. The molecule has 1 amide bonds. The van der Waals surface area contributed by atoms with Crippen LogP contribution < -0.4 is 11.1 Å². The Balaban J connectivity index is 0.00000400. The van der Waals surface area contributed by atoms with E-state index in [9.17, 15) is 4.79 Å². The van der Waals surface area contributed by atoms with Crippen molar-refractivity contribution in [3.8, 4) is 0 Å². The number of nitrogens with two attached hydrogens (primary N) is 1. The summed E-state index contributed by atoms with van der Waals surface area (Å²) in [7, 11) is 0. The summed E-state index contributed by atoms with van der Waals surface area (Å²) < 4.78 is 0. The molecule has 5 heteroatoms. The Bertz CT molecular complexity index is 304. The summed E-state index contributed by atoms with van der Waals surface area (Å²) in [5.41, 5.74) is 5.97. The van der Waals surface area contributed by atoms with Crippen LogP contribution in [0.15, 0.2) is 0 Å². The van der Waals surface area contributed by atoms with E-state index >= 15 is 0 Å². The van der Waals surface area contributed by atoms with Crippen LogP contribution in [0.3, 0.4) is 0 Å². The van der Waals surface area contributed by atoms with E-state index in [1.807, 2.05) is 6.92 Å². The Morgan fingerprint density at radius 3 is 2.29 bits per heavy atom. The molecule has 1 saturated heterocycles. The molecule has 0 aromatic rings. The third-order valence-corrected chi connectivity index (χ3v) is 4.42. The van der Waals surface area contributed by atoms with Crippen molar-refractivity contribution in [1.29, 1.82) is 0 Å². The van der Waals surface area contributed by atoms with E-state index in [2.05, 4.69) is 37.9 Å². The zero-order valence-corrected chi connectivity index (χ0v) is 15.1. The van der Waals surface area contributed by atoms with E-state index < -0.39 is 0 Å². The molecule has 4 nitrogen and oxygen atoms in total. The van der Waals surface area contributed by atoms with Gasteiger partial charge in [-0.05, 0) is 31.1 Å². The molecule has 0 aromatic heterocycles. The smallest absolute Gasteiger partial charge is 0.237 e. The summed E-state index contributed by atoms with van der Waals surface area (Å²) in [6.45, 7) is 14.0. The Morgan fingerprint density at radius 1 is 1.29 bits per heavy atom. The number of halogens is 1. The topological polar surface area (TPSA) is 58.4 Å². The lowest BCUT2D eigenvalue weighted by atomic mass is 9.91. The van der Waals surface area contributed by atoms with E-state index in [-0.39, 0.29) is 36.3 Å². The van der Waals surface area contributed by atoms with Crippen LogP contribution in [0.5, 0.6) is 0 Å². The molecule has 0 radical (unpaired) electrons. The minimum Gasteiger partial charge on any atom is -0.351 e. The van der Waals surface area contributed by atoms with Gasteiger partial charge in [-0.2, -0.15) is 0 Å². The zero-order valence-electron chi connectivity index (χ0n) is 14.3. The monoisotopic (exact) mass is 319 g/mol. The molecule has 0 saturated carbocycles. The number of hydrogen-bond acceptors (Lipinski definition) is 3. The van der Waals surface area contributed by atoms with Crippen LogP contribution in [0.1, 0.15) is 47.5 Å². The van der Waals surface area contributed by atoms with Crippen molar-refractivity contribution >= 4 is 18.3 Å². The molecule has 0 spiro atoms. The van der Waals surface area contributed by atoms with Gasteiger partial charge in [-0.15, -0.1) is 12.4 Å². The third-order valence-electron chi connectivity index (χ3n) is 4.42. The number of rotatable bonds is 6. The Hall–Kier alpha value is -0.320. The first-order chi connectivity index (χ1) is 9.33. The standard InChI is InChI=1S/C16H33N3O.ClH/c1-6-13(4)15(17)16(20)18-14(5)10-19-8-11(2)7-12(3)9-19;/h11-15H,6-10,17H2,1-5H3,(H,18,20);1H. The van der Waals surface area contributed by atoms with Crippen molar-refractivity contribution < 1.29 is 4.79 Å². The molecule has 1 fully saturated rings. The summed E-state index contributed by atoms with van der Waals surface area (Å²) in [6.07, 6.45) is 2.25. The average Bonchev–Trinajstić information content (AvgIpc) is 2.35. The Labute approximate surface area is 136 Å². The maximum Gasteiger partial charge on any atom is 0.237 e. The molecular formula is C16H34ClN3O. The minimum absolute atomic E-state index is 0. The molecule has 1 heterocycles. The van der Waals surface area contributed by atoms with Crippen LogP contribution in [-0.4, -0.2) is 42.5 Å². The fourth-order valence-corrected chi connectivity index (χ4v) is 3.23. The Morgan fingerprint density at radius 2 is 1.81 bits per heavy atom. The highest BCUT2D eigenvalue weighted by atomic mass is 35.5. The quantitative estimate of drug-likeness (QED) is 0.789. The number of carbonyl (C=O) groups excluding carboxylic acids is 1. The van der Waals surface area contributed by atoms with Gasteiger partial charge in [0.2, 0.25) is 5.91 Å². The third kappa shape index (κ3) is 6.98. The van der Waals surface area contributed by atoms with Gasteiger partial charge in [0.15, 0.2) is 0 Å². The molecular weight excluding hydrogens is 286 g/mol. The lowest BCUT2D eigenvalue weighted by molar-refractivity contribution is -0.124. The zero-order chi connectivity index (χ0) is 15.3. The van der Waals surface area contributed by atoms with E-state index in [0.717, 1.165) is 37.9 Å². The molecule has 5 atom stereocenters.